The highest BCUT2D eigenvalue weighted by molar-refractivity contribution is 6.65. The first-order chi connectivity index (χ1) is 18.3. The monoisotopic (exact) mass is 538 g/mol. The molecule has 9 nitrogen and oxygen atoms in total. The van der Waals surface area contributed by atoms with Crippen LogP contribution >= 0.6 is 0 Å². The van der Waals surface area contributed by atoms with Gasteiger partial charge in [-0.2, -0.15) is 5.10 Å². The van der Waals surface area contributed by atoms with Crippen LogP contribution in [0.1, 0.15) is 58.9 Å². The molecule has 0 aromatic heterocycles. The van der Waals surface area contributed by atoms with Gasteiger partial charge in [0.1, 0.15) is 11.9 Å². The number of benzene rings is 1. The maximum absolute atomic E-state index is 13.8. The van der Waals surface area contributed by atoms with Crippen LogP contribution in [0.25, 0.3) is 0 Å². The number of rotatable bonds is 5. The van der Waals surface area contributed by atoms with E-state index in [0.717, 1.165) is 6.42 Å². The summed E-state index contributed by atoms with van der Waals surface area (Å²) in [6, 6.07) is 4.95. The minimum atomic E-state index is -1.36. The van der Waals surface area contributed by atoms with E-state index in [-0.39, 0.29) is 36.2 Å². The van der Waals surface area contributed by atoms with Gasteiger partial charge >= 0.3 is 13.0 Å². The quantitative estimate of drug-likeness (QED) is 0.281. The van der Waals surface area contributed by atoms with Crippen LogP contribution in [0.3, 0.4) is 0 Å². The van der Waals surface area contributed by atoms with Crippen molar-refractivity contribution in [3.63, 3.8) is 0 Å². The predicted octanol–water partition coefficient (Wildman–Crippen LogP) is 1.72. The lowest BCUT2D eigenvalue weighted by Crippen LogP contribution is -2.63. The molecule has 3 aliphatic carbocycles. The van der Waals surface area contributed by atoms with Gasteiger partial charge in [0.2, 0.25) is 0 Å². The Bertz CT molecular complexity index is 1220. The average molecular weight is 538 g/mol. The van der Waals surface area contributed by atoms with Crippen molar-refractivity contribution >= 4 is 30.5 Å². The van der Waals surface area contributed by atoms with Gasteiger partial charge < -0.3 is 30.4 Å². The summed E-state index contributed by atoms with van der Waals surface area (Å²) in [6.07, 6.45) is 1.77. The van der Waals surface area contributed by atoms with Crippen molar-refractivity contribution in [2.75, 3.05) is 0 Å². The average Bonchev–Trinajstić information content (AvgIpc) is 3.18. The number of Topliss-reactive ketones (excluding diaryl/α,β-unsaturated/α-hetero) is 1. The molecule has 1 heterocycles. The summed E-state index contributed by atoms with van der Waals surface area (Å²) in [5.41, 5.74) is -1.16. The molecule has 2 unspecified atom stereocenters. The normalized spacial score (nSPS) is 41.9. The first-order valence-electron chi connectivity index (χ1n) is 13.8. The molecule has 3 saturated carbocycles. The molecule has 4 aliphatic rings. The standard InChI is InChI=1S/C29H39BN2O7/c1-6-27(4)12-19(23(26(36)37)39-18-8-7-17-14-31-32-30(38)20(17)11-18)28(5)15(2)9-10-29(16(3)25(27)35)13-21(33)22(34)24(28)29/h6-8,11,14-16,19,21,23-25,32-33,35,38H,1,9-10,12-13H2,2-5H3,(H,36,37)/t15-,16+,19+,21?,23?,24+,25+,27-,28-,29+/m1/s1. The Labute approximate surface area is 229 Å². The molecule has 1 aromatic carbocycles. The van der Waals surface area contributed by atoms with E-state index in [1.54, 1.807) is 30.5 Å². The van der Waals surface area contributed by atoms with Crippen LogP contribution in [0.4, 0.5) is 0 Å². The highest BCUT2D eigenvalue weighted by atomic mass is 16.5. The molecule has 5 N–H and O–H groups in total. The van der Waals surface area contributed by atoms with Gasteiger partial charge in [0, 0.05) is 17.3 Å². The summed E-state index contributed by atoms with van der Waals surface area (Å²) in [7, 11) is -1.06. The SMILES string of the molecule is C=C[C@]1(C)C[C@@H](C(Oc2ccc3c(c2)B(O)NN=C3)C(=O)O)[C@@]2(C)[C@H](C)CC[C@]3(CC(O)C(=O)[C@H]32)[C@@H](C)[C@@H]1O. The molecule has 2 bridgehead atoms. The zero-order valence-corrected chi connectivity index (χ0v) is 23.0. The van der Waals surface area contributed by atoms with Gasteiger partial charge in [-0.15, -0.1) is 6.58 Å². The minimum absolute atomic E-state index is 0.0393. The second-order valence-electron chi connectivity index (χ2n) is 12.8. The molecule has 1 aromatic rings. The molecule has 210 valence electrons. The van der Waals surface area contributed by atoms with Crippen molar-refractivity contribution in [2.45, 2.75) is 71.7 Å². The molecule has 0 spiro atoms. The summed E-state index contributed by atoms with van der Waals surface area (Å²) in [5, 5.41) is 50.1. The maximum atomic E-state index is 13.8. The highest BCUT2D eigenvalue weighted by Crippen LogP contribution is 2.69. The van der Waals surface area contributed by atoms with Crippen molar-refractivity contribution in [3.05, 3.63) is 36.4 Å². The predicted molar refractivity (Wildman–Crippen MR) is 146 cm³/mol. The summed E-state index contributed by atoms with van der Waals surface area (Å²) in [4.78, 5) is 26.8. The van der Waals surface area contributed by atoms with E-state index in [4.69, 9.17) is 4.74 Å². The van der Waals surface area contributed by atoms with Crippen LogP contribution in [0.5, 0.6) is 5.75 Å². The number of hydrogen-bond acceptors (Lipinski definition) is 8. The Balaban J connectivity index is 1.66. The molecule has 10 atom stereocenters. The Morgan fingerprint density at radius 3 is 2.67 bits per heavy atom. The number of nitrogens with zero attached hydrogens (tertiary/aromatic N) is 1. The smallest absolute Gasteiger partial charge is 0.464 e. The maximum Gasteiger partial charge on any atom is 0.464 e. The highest BCUT2D eigenvalue weighted by Gasteiger charge is 2.70. The largest absolute Gasteiger partial charge is 0.478 e. The van der Waals surface area contributed by atoms with Gasteiger partial charge in [0.15, 0.2) is 11.9 Å². The van der Waals surface area contributed by atoms with E-state index in [1.807, 2.05) is 20.8 Å². The van der Waals surface area contributed by atoms with Crippen LogP contribution in [-0.4, -0.2) is 63.7 Å². The molecule has 3 fully saturated rings. The van der Waals surface area contributed by atoms with Crippen LogP contribution in [0.15, 0.2) is 36.0 Å². The zero-order chi connectivity index (χ0) is 28.5. The number of aliphatic hydroxyl groups excluding tert-OH is 2. The molecular formula is C29H39BN2O7. The van der Waals surface area contributed by atoms with Crippen molar-refractivity contribution < 1.29 is 34.7 Å². The fraction of sp³-hybridized carbons (Fsp3) is 0.621. The molecule has 1 aliphatic heterocycles. The van der Waals surface area contributed by atoms with E-state index in [1.165, 1.54) is 0 Å². The van der Waals surface area contributed by atoms with Crippen LogP contribution in [0.2, 0.25) is 0 Å². The molecule has 0 saturated heterocycles. The van der Waals surface area contributed by atoms with Gasteiger partial charge in [-0.25, -0.2) is 4.79 Å². The number of hydrazone groups is 1. The van der Waals surface area contributed by atoms with Gasteiger partial charge in [-0.1, -0.05) is 39.8 Å². The number of hydrogen-bond donors (Lipinski definition) is 5. The topological polar surface area (TPSA) is 149 Å². The minimum Gasteiger partial charge on any atom is -0.478 e. The number of fused-ring (bicyclic) bond motifs is 1. The van der Waals surface area contributed by atoms with Gasteiger partial charge in [0.25, 0.3) is 0 Å². The number of carboxylic acid groups (broad SMARTS) is 1. The molecule has 0 amide bonds. The van der Waals surface area contributed by atoms with Gasteiger partial charge in [-0.3, -0.25) is 4.79 Å². The zero-order valence-electron chi connectivity index (χ0n) is 23.0. The number of ether oxygens (including phenoxy) is 1. The fourth-order valence-electron chi connectivity index (χ4n) is 8.58. The Morgan fingerprint density at radius 1 is 1.28 bits per heavy atom. The third-order valence-corrected chi connectivity index (χ3v) is 11.1. The number of nitrogens with one attached hydrogen (secondary N) is 1. The second-order valence-corrected chi connectivity index (χ2v) is 12.8. The van der Waals surface area contributed by atoms with Crippen molar-refractivity contribution in [1.29, 1.82) is 0 Å². The number of carbonyl (C=O) groups is 2. The summed E-state index contributed by atoms with van der Waals surface area (Å²) in [5.74, 6) is -2.84. The molecule has 5 rings (SSSR count). The fourth-order valence-corrected chi connectivity index (χ4v) is 8.58. The number of aliphatic carboxylic acids is 1. The lowest BCUT2D eigenvalue weighted by atomic mass is 9.41. The number of carboxylic acids is 1. The van der Waals surface area contributed by atoms with Gasteiger partial charge in [0.05, 0.1) is 12.3 Å². The number of ketones is 1. The molecule has 10 heteroatoms. The summed E-state index contributed by atoms with van der Waals surface area (Å²) >= 11 is 0. The van der Waals surface area contributed by atoms with Crippen LogP contribution in [0, 0.1) is 39.9 Å². The second kappa shape index (κ2) is 9.46. The van der Waals surface area contributed by atoms with Crippen molar-refractivity contribution in [1.82, 2.24) is 5.34 Å². The molecule has 39 heavy (non-hydrogen) atoms. The van der Waals surface area contributed by atoms with E-state index < -0.39 is 59.4 Å². The summed E-state index contributed by atoms with van der Waals surface area (Å²) in [6.45, 7) is 11.9. The lowest BCUT2D eigenvalue weighted by molar-refractivity contribution is -0.193. The number of aliphatic hydroxyl groups is 2. The van der Waals surface area contributed by atoms with Crippen molar-refractivity contribution in [2.24, 2.45) is 45.0 Å². The Morgan fingerprint density at radius 2 is 2.00 bits per heavy atom. The van der Waals surface area contributed by atoms with Crippen molar-refractivity contribution in [3.8, 4) is 5.75 Å². The van der Waals surface area contributed by atoms with E-state index in [2.05, 4.69) is 23.9 Å². The first kappa shape index (κ1) is 27.9. The third kappa shape index (κ3) is 3.97. The van der Waals surface area contributed by atoms with Crippen LogP contribution < -0.4 is 15.5 Å². The third-order valence-electron chi connectivity index (χ3n) is 11.1. The number of carbonyl (C=O) groups excluding carboxylic acids is 1. The van der Waals surface area contributed by atoms with E-state index >= 15 is 0 Å². The lowest BCUT2D eigenvalue weighted by Gasteiger charge is -2.62. The summed E-state index contributed by atoms with van der Waals surface area (Å²) < 4.78 is 6.27. The first-order valence-corrected chi connectivity index (χ1v) is 13.8. The molecule has 0 radical (unpaired) electrons. The molecular weight excluding hydrogens is 499 g/mol. The Hall–Kier alpha value is -2.69. The van der Waals surface area contributed by atoms with Gasteiger partial charge in [-0.05, 0) is 71.5 Å². The van der Waals surface area contributed by atoms with Crippen LogP contribution in [-0.2, 0) is 9.59 Å². The van der Waals surface area contributed by atoms with E-state index in [9.17, 15) is 29.9 Å². The van der Waals surface area contributed by atoms with E-state index in [0.29, 0.717) is 17.4 Å². The Kier molecular flexibility index (Phi) is 6.76.